The van der Waals surface area contributed by atoms with Crippen molar-refractivity contribution in [2.45, 2.75) is 101 Å². The van der Waals surface area contributed by atoms with Crippen LogP contribution in [-0.4, -0.2) is 71.4 Å². The normalized spacial score (nSPS) is 23.2. The summed E-state index contributed by atoms with van der Waals surface area (Å²) in [5.74, 6) is 0.0769. The molecular weight excluding hydrogens is 685 g/mol. The zero-order chi connectivity index (χ0) is 37.2. The summed E-state index contributed by atoms with van der Waals surface area (Å²) in [6.45, 7) is 2.67. The Bertz CT molecular complexity index is 1690. The molecule has 3 aromatic rings. The monoisotopic (exact) mass is 738 g/mol. The largest absolute Gasteiger partial charge is 0.495 e. The second-order valence-electron chi connectivity index (χ2n) is 14.8. The first-order valence-corrected chi connectivity index (χ1v) is 20.4. The van der Waals surface area contributed by atoms with Gasteiger partial charge >= 0.3 is 0 Å². The second-order valence-corrected chi connectivity index (χ2v) is 16.1. The Balaban J connectivity index is 1.19. The Morgan fingerprint density at radius 3 is 1.94 bits per heavy atom. The minimum absolute atomic E-state index is 0.0237. The molecule has 0 aromatic heterocycles. The summed E-state index contributed by atoms with van der Waals surface area (Å²) in [6.07, 6.45) is 7.76. The molecule has 53 heavy (non-hydrogen) atoms. The summed E-state index contributed by atoms with van der Waals surface area (Å²) in [6, 6.07) is 26.3. The summed E-state index contributed by atoms with van der Waals surface area (Å²) in [7, 11) is 1.60. The molecule has 10 heteroatoms. The maximum Gasteiger partial charge on any atom is 0.249 e. The van der Waals surface area contributed by atoms with Crippen molar-refractivity contribution in [1.82, 2.24) is 15.5 Å². The molecule has 3 aliphatic rings. The lowest BCUT2D eigenvalue weighted by atomic mass is 9.86. The van der Waals surface area contributed by atoms with Gasteiger partial charge in [-0.25, -0.2) is 0 Å². The van der Waals surface area contributed by atoms with Crippen LogP contribution < -0.4 is 20.3 Å². The van der Waals surface area contributed by atoms with Crippen LogP contribution in [0.4, 0.5) is 5.69 Å². The molecule has 9 nitrogen and oxygen atoms in total. The van der Waals surface area contributed by atoms with E-state index < -0.39 is 23.9 Å². The summed E-state index contributed by atoms with van der Waals surface area (Å²) >= 11 is 1.83. The molecule has 4 amide bonds. The fourth-order valence-corrected chi connectivity index (χ4v) is 9.58. The van der Waals surface area contributed by atoms with Crippen LogP contribution in [0.3, 0.4) is 0 Å². The highest BCUT2D eigenvalue weighted by atomic mass is 32.2. The van der Waals surface area contributed by atoms with Crippen molar-refractivity contribution in [3.8, 4) is 5.75 Å². The molecular formula is C43H54N4O5S. The van der Waals surface area contributed by atoms with Gasteiger partial charge in [0.05, 0.1) is 18.2 Å². The maximum absolute atomic E-state index is 14.3. The molecule has 0 aliphatic carbocycles. The van der Waals surface area contributed by atoms with Gasteiger partial charge in [0.1, 0.15) is 17.8 Å². The van der Waals surface area contributed by atoms with E-state index in [0.717, 1.165) is 49.0 Å². The Hall–Kier alpha value is -4.31. The first-order valence-electron chi connectivity index (χ1n) is 19.4. The maximum atomic E-state index is 14.3. The van der Waals surface area contributed by atoms with Crippen molar-refractivity contribution >= 4 is 41.1 Å². The molecule has 2 N–H and O–H groups in total. The number of piperidine rings is 1. The van der Waals surface area contributed by atoms with Crippen molar-refractivity contribution in [3.05, 3.63) is 96.1 Å². The van der Waals surface area contributed by atoms with E-state index in [9.17, 15) is 19.2 Å². The Labute approximate surface area is 318 Å². The third-order valence-corrected chi connectivity index (χ3v) is 12.4. The van der Waals surface area contributed by atoms with E-state index >= 15 is 0 Å². The Kier molecular flexibility index (Phi) is 13.5. The number of benzene rings is 3. The Morgan fingerprint density at radius 1 is 0.736 bits per heavy atom. The van der Waals surface area contributed by atoms with Crippen LogP contribution in [0, 0.1) is 11.8 Å². The van der Waals surface area contributed by atoms with Crippen molar-refractivity contribution in [1.29, 1.82) is 0 Å². The quantitative estimate of drug-likeness (QED) is 0.206. The second kappa shape index (κ2) is 18.6. The third kappa shape index (κ3) is 9.82. The lowest BCUT2D eigenvalue weighted by Gasteiger charge is -2.40. The molecule has 3 aromatic carbocycles. The number of methoxy groups -OCH3 is 1. The van der Waals surface area contributed by atoms with Crippen LogP contribution in [0.25, 0.3) is 0 Å². The van der Waals surface area contributed by atoms with Crippen LogP contribution in [0.15, 0.2) is 84.9 Å². The van der Waals surface area contributed by atoms with E-state index in [4.69, 9.17) is 4.74 Å². The van der Waals surface area contributed by atoms with E-state index in [1.165, 1.54) is 0 Å². The fourth-order valence-electron chi connectivity index (χ4n) is 8.13. The lowest BCUT2D eigenvalue weighted by molar-refractivity contribution is -0.140. The first-order chi connectivity index (χ1) is 25.8. The number of hydrogen-bond acceptors (Lipinski definition) is 6. The van der Waals surface area contributed by atoms with Crippen LogP contribution >= 0.6 is 11.8 Å². The highest BCUT2D eigenvalue weighted by Gasteiger charge is 2.39. The van der Waals surface area contributed by atoms with Crippen LogP contribution in [-0.2, 0) is 32.0 Å². The van der Waals surface area contributed by atoms with E-state index in [-0.39, 0.29) is 35.0 Å². The summed E-state index contributed by atoms with van der Waals surface area (Å²) in [5.41, 5.74) is 2.75. The van der Waals surface area contributed by atoms with Gasteiger partial charge in [-0.05, 0) is 107 Å². The van der Waals surface area contributed by atoms with Gasteiger partial charge in [-0.15, -0.1) is 11.8 Å². The minimum atomic E-state index is -0.670. The summed E-state index contributed by atoms with van der Waals surface area (Å²) < 4.78 is 5.58. The van der Waals surface area contributed by atoms with Crippen molar-refractivity contribution in [2.24, 2.45) is 11.8 Å². The van der Waals surface area contributed by atoms with Crippen LogP contribution in [0.2, 0.25) is 0 Å². The van der Waals surface area contributed by atoms with Gasteiger partial charge in [0.25, 0.3) is 0 Å². The number of nitrogens with one attached hydrogen (secondary N) is 2. The van der Waals surface area contributed by atoms with E-state index in [0.29, 0.717) is 56.5 Å². The number of fused-ring (bicyclic) bond motifs is 1. The van der Waals surface area contributed by atoms with Crippen molar-refractivity contribution in [3.63, 3.8) is 0 Å². The van der Waals surface area contributed by atoms with E-state index in [1.807, 2.05) is 102 Å². The van der Waals surface area contributed by atoms with Crippen LogP contribution in [0.1, 0.15) is 75.8 Å². The van der Waals surface area contributed by atoms with Gasteiger partial charge in [0.15, 0.2) is 0 Å². The predicted octanol–water partition coefficient (Wildman–Crippen LogP) is 6.54. The van der Waals surface area contributed by atoms with Gasteiger partial charge in [-0.2, -0.15) is 0 Å². The molecule has 3 heterocycles. The number of hydrogen-bond donors (Lipinski definition) is 2. The summed E-state index contributed by atoms with van der Waals surface area (Å²) in [4.78, 5) is 60.1. The zero-order valence-corrected chi connectivity index (χ0v) is 31.9. The SMILES string of the molecule is COc1ccccc1N1CCCC[C@H](NC(=O)[C@H](CC[C@H](Cc2ccccc2)C(=O)N[C@H]2CCS[C@H]3CCC[C@@H](C)N3C2=O)Cc2ccccc2)C1=O. The number of thioether (sulfide) groups is 1. The fraction of sp³-hybridized carbons (Fsp3) is 0.488. The average molecular weight is 739 g/mol. The number of anilines is 1. The molecule has 0 radical (unpaired) electrons. The number of carbonyl (C=O) groups is 4. The number of para-hydroxylation sites is 2. The standard InChI is InChI=1S/C43H54N4O5S/c1-30-14-13-22-39-47(30)43(51)36(25-27-53-39)45-41(49)34(29-32-17-7-4-8-18-32)24-23-33(28-31-15-5-3-6-16-31)40(48)44-35-19-11-12-26-46(42(35)50)37-20-9-10-21-38(37)52-2/h3-10,15-18,20-21,30,33-36,39H,11-14,19,22-29H2,1-2H3,(H,44,48)(H,45,49)/t30-,33-,34-,35+,36+,39+/m1/s1. The van der Waals surface area contributed by atoms with Crippen molar-refractivity contribution in [2.75, 3.05) is 24.3 Å². The first kappa shape index (κ1) is 38.4. The highest BCUT2D eigenvalue weighted by molar-refractivity contribution is 7.99. The van der Waals surface area contributed by atoms with E-state index in [1.54, 1.807) is 12.0 Å². The lowest BCUT2D eigenvalue weighted by Crippen LogP contribution is -2.55. The third-order valence-electron chi connectivity index (χ3n) is 11.1. The number of rotatable bonds is 13. The Morgan fingerprint density at radius 2 is 1.32 bits per heavy atom. The average Bonchev–Trinajstić information content (AvgIpc) is 3.46. The molecule has 3 aliphatic heterocycles. The smallest absolute Gasteiger partial charge is 0.249 e. The zero-order valence-electron chi connectivity index (χ0n) is 31.1. The van der Waals surface area contributed by atoms with Crippen molar-refractivity contribution < 1.29 is 23.9 Å². The van der Waals surface area contributed by atoms with Gasteiger partial charge in [-0.1, -0.05) is 72.8 Å². The van der Waals surface area contributed by atoms with Gasteiger partial charge in [-0.3, -0.25) is 19.2 Å². The molecule has 282 valence electrons. The van der Waals surface area contributed by atoms with Gasteiger partial charge in [0.2, 0.25) is 23.6 Å². The molecule has 6 atom stereocenters. The van der Waals surface area contributed by atoms with Gasteiger partial charge in [0, 0.05) is 24.4 Å². The van der Waals surface area contributed by atoms with E-state index in [2.05, 4.69) is 17.6 Å². The molecule has 0 saturated carbocycles. The molecule has 6 rings (SSSR count). The number of ether oxygens (including phenoxy) is 1. The number of carbonyl (C=O) groups excluding carboxylic acids is 4. The number of amides is 4. The van der Waals surface area contributed by atoms with Gasteiger partial charge < -0.3 is 25.2 Å². The molecule has 0 bridgehead atoms. The predicted molar refractivity (Wildman–Crippen MR) is 211 cm³/mol. The summed E-state index contributed by atoms with van der Waals surface area (Å²) in [5, 5.41) is 6.52. The molecule has 0 unspecified atom stereocenters. The number of nitrogens with zero attached hydrogens (tertiary/aromatic N) is 2. The van der Waals surface area contributed by atoms with Crippen LogP contribution in [0.5, 0.6) is 5.75 Å². The highest BCUT2D eigenvalue weighted by Crippen LogP contribution is 2.35. The molecule has 0 spiro atoms. The topological polar surface area (TPSA) is 108 Å². The molecule has 3 fully saturated rings. The minimum Gasteiger partial charge on any atom is -0.495 e. The molecule has 3 saturated heterocycles.